The van der Waals surface area contributed by atoms with Crippen molar-refractivity contribution in [2.45, 2.75) is 6.92 Å². The quantitative estimate of drug-likeness (QED) is 0.527. The summed E-state index contributed by atoms with van der Waals surface area (Å²) in [6, 6.07) is 2.87. The smallest absolute Gasteiger partial charge is 0.322 e. The topological polar surface area (TPSA) is 122 Å². The van der Waals surface area contributed by atoms with Crippen molar-refractivity contribution in [1.82, 2.24) is 5.32 Å². The first kappa shape index (κ1) is 15.9. The summed E-state index contributed by atoms with van der Waals surface area (Å²) in [4.78, 5) is 31.9. The van der Waals surface area contributed by atoms with Gasteiger partial charge in [-0.3, -0.25) is 19.7 Å². The maximum atomic E-state index is 11.3. The van der Waals surface area contributed by atoms with Gasteiger partial charge in [-0.05, 0) is 28.9 Å². The number of benzene rings is 1. The first-order valence-electron chi connectivity index (χ1n) is 5.48. The lowest BCUT2D eigenvalue weighted by molar-refractivity contribution is -0.385. The third-order valence-corrected chi connectivity index (χ3v) is 3.01. The number of rotatable bonds is 6. The Hall–Kier alpha value is -2.16. The van der Waals surface area contributed by atoms with Gasteiger partial charge in [0.1, 0.15) is 6.54 Å². The molecule has 20 heavy (non-hydrogen) atoms. The summed E-state index contributed by atoms with van der Waals surface area (Å²) in [5, 5.41) is 24.1. The Balaban J connectivity index is 2.69. The molecule has 1 rings (SSSR count). The molecular formula is C11H12BrN3O5. The summed E-state index contributed by atoms with van der Waals surface area (Å²) >= 11 is 3.17. The number of hydrogen-bond acceptors (Lipinski definition) is 5. The number of aryl methyl sites for hydroxylation is 1. The predicted molar refractivity (Wildman–Crippen MR) is 74.7 cm³/mol. The number of carbonyl (C=O) groups is 2. The Labute approximate surface area is 122 Å². The summed E-state index contributed by atoms with van der Waals surface area (Å²) in [5.74, 6) is -1.62. The molecule has 1 aromatic rings. The fourth-order valence-electron chi connectivity index (χ4n) is 1.42. The number of hydrogen-bond donors (Lipinski definition) is 3. The minimum absolute atomic E-state index is 0.0299. The zero-order chi connectivity index (χ0) is 15.3. The number of aliphatic carboxylic acids is 1. The molecule has 0 fully saturated rings. The Morgan fingerprint density at radius 1 is 1.40 bits per heavy atom. The summed E-state index contributed by atoms with van der Waals surface area (Å²) in [5.41, 5.74) is 0.933. The molecule has 0 bridgehead atoms. The molecule has 0 saturated carbocycles. The van der Waals surface area contributed by atoms with Crippen LogP contribution in [-0.4, -0.2) is 35.0 Å². The van der Waals surface area contributed by atoms with Gasteiger partial charge in [0, 0.05) is 21.8 Å². The van der Waals surface area contributed by atoms with Crippen molar-refractivity contribution in [2.75, 3.05) is 18.4 Å². The maximum Gasteiger partial charge on any atom is 0.322 e. The zero-order valence-corrected chi connectivity index (χ0v) is 12.1. The van der Waals surface area contributed by atoms with Crippen molar-refractivity contribution in [2.24, 2.45) is 0 Å². The number of halogens is 1. The van der Waals surface area contributed by atoms with Crippen molar-refractivity contribution >= 4 is 39.2 Å². The Kier molecular flexibility index (Phi) is 5.44. The molecule has 8 nitrogen and oxygen atoms in total. The van der Waals surface area contributed by atoms with Gasteiger partial charge in [0.2, 0.25) is 5.91 Å². The van der Waals surface area contributed by atoms with E-state index in [2.05, 4.69) is 26.6 Å². The second-order valence-corrected chi connectivity index (χ2v) is 4.75. The van der Waals surface area contributed by atoms with Gasteiger partial charge in [0.05, 0.1) is 11.5 Å². The summed E-state index contributed by atoms with van der Waals surface area (Å²) in [6.07, 6.45) is 0. The first-order chi connectivity index (χ1) is 9.31. The lowest BCUT2D eigenvalue weighted by Crippen LogP contribution is -2.33. The van der Waals surface area contributed by atoms with E-state index in [-0.39, 0.29) is 12.2 Å². The van der Waals surface area contributed by atoms with Gasteiger partial charge in [0.25, 0.3) is 5.69 Å². The molecule has 0 saturated heterocycles. The fraction of sp³-hybridized carbons (Fsp3) is 0.273. The fourth-order valence-corrected chi connectivity index (χ4v) is 1.89. The molecular weight excluding hydrogens is 334 g/mol. The van der Waals surface area contributed by atoms with E-state index in [1.54, 1.807) is 6.92 Å². The van der Waals surface area contributed by atoms with Crippen LogP contribution in [0.25, 0.3) is 0 Å². The van der Waals surface area contributed by atoms with Crippen LogP contribution in [0.5, 0.6) is 0 Å². The molecule has 1 amide bonds. The van der Waals surface area contributed by atoms with Crippen LogP contribution >= 0.6 is 15.9 Å². The van der Waals surface area contributed by atoms with E-state index in [0.717, 1.165) is 0 Å². The van der Waals surface area contributed by atoms with Crippen LogP contribution in [0.1, 0.15) is 5.56 Å². The normalized spacial score (nSPS) is 9.90. The standard InChI is InChI=1S/C11H12BrN3O5/c1-6-2-8(7(12)3-9(6)15(19)20)13-4-10(16)14-5-11(17)18/h2-3,13H,4-5H2,1H3,(H,14,16)(H,17,18). The van der Waals surface area contributed by atoms with Gasteiger partial charge in [0.15, 0.2) is 0 Å². The van der Waals surface area contributed by atoms with Gasteiger partial charge >= 0.3 is 5.97 Å². The number of nitrogens with one attached hydrogen (secondary N) is 2. The van der Waals surface area contributed by atoms with E-state index >= 15 is 0 Å². The largest absolute Gasteiger partial charge is 0.480 e. The van der Waals surface area contributed by atoms with Gasteiger partial charge in [-0.2, -0.15) is 0 Å². The molecule has 1 aromatic carbocycles. The summed E-state index contributed by atoms with van der Waals surface area (Å²) in [6.45, 7) is 0.990. The minimum Gasteiger partial charge on any atom is -0.480 e. The van der Waals surface area contributed by atoms with Crippen LogP contribution in [0.2, 0.25) is 0 Å². The Bertz CT molecular complexity index is 561. The molecule has 9 heteroatoms. The van der Waals surface area contributed by atoms with Crippen molar-refractivity contribution in [3.8, 4) is 0 Å². The third kappa shape index (κ3) is 4.50. The minimum atomic E-state index is -1.13. The van der Waals surface area contributed by atoms with Crippen LogP contribution in [0.3, 0.4) is 0 Å². The van der Waals surface area contributed by atoms with Crippen LogP contribution in [0.4, 0.5) is 11.4 Å². The number of anilines is 1. The molecule has 3 N–H and O–H groups in total. The van der Waals surface area contributed by atoms with E-state index < -0.39 is 23.3 Å². The van der Waals surface area contributed by atoms with E-state index in [1.165, 1.54) is 12.1 Å². The number of carboxylic acid groups (broad SMARTS) is 1. The highest BCUT2D eigenvalue weighted by Crippen LogP contribution is 2.30. The molecule has 0 unspecified atom stereocenters. The van der Waals surface area contributed by atoms with Crippen LogP contribution in [-0.2, 0) is 9.59 Å². The Morgan fingerprint density at radius 3 is 2.60 bits per heavy atom. The number of nitro benzene ring substituents is 1. The molecule has 0 aliphatic rings. The molecule has 0 aromatic heterocycles. The molecule has 0 atom stereocenters. The summed E-state index contributed by atoms with van der Waals surface area (Å²) in [7, 11) is 0. The molecule has 0 radical (unpaired) electrons. The van der Waals surface area contributed by atoms with E-state index in [9.17, 15) is 19.7 Å². The van der Waals surface area contributed by atoms with Crippen molar-refractivity contribution in [3.05, 3.63) is 32.3 Å². The van der Waals surface area contributed by atoms with Crippen LogP contribution in [0.15, 0.2) is 16.6 Å². The average Bonchev–Trinajstić information content (AvgIpc) is 2.36. The van der Waals surface area contributed by atoms with E-state index in [1.807, 2.05) is 0 Å². The molecule has 0 aliphatic carbocycles. The maximum absolute atomic E-state index is 11.3. The SMILES string of the molecule is Cc1cc(NCC(=O)NCC(=O)O)c(Br)cc1[N+](=O)[O-]. The number of carboxylic acids is 1. The van der Waals surface area contributed by atoms with Crippen LogP contribution < -0.4 is 10.6 Å². The predicted octanol–water partition coefficient (Wildman–Crippen LogP) is 1.28. The second kappa shape index (κ2) is 6.85. The van der Waals surface area contributed by atoms with Crippen molar-refractivity contribution in [1.29, 1.82) is 0 Å². The lowest BCUT2D eigenvalue weighted by Gasteiger charge is -2.09. The van der Waals surface area contributed by atoms with Gasteiger partial charge < -0.3 is 15.7 Å². The highest BCUT2D eigenvalue weighted by atomic mass is 79.9. The highest BCUT2D eigenvalue weighted by molar-refractivity contribution is 9.10. The zero-order valence-electron chi connectivity index (χ0n) is 10.5. The summed E-state index contributed by atoms with van der Waals surface area (Å²) < 4.78 is 0.445. The molecule has 0 heterocycles. The first-order valence-corrected chi connectivity index (χ1v) is 6.27. The monoisotopic (exact) mass is 345 g/mol. The molecule has 0 aliphatic heterocycles. The number of amides is 1. The van der Waals surface area contributed by atoms with Crippen molar-refractivity contribution < 1.29 is 19.6 Å². The van der Waals surface area contributed by atoms with E-state index in [0.29, 0.717) is 15.7 Å². The van der Waals surface area contributed by atoms with E-state index in [4.69, 9.17) is 5.11 Å². The molecule has 0 spiro atoms. The molecule has 108 valence electrons. The van der Waals surface area contributed by atoms with Crippen molar-refractivity contribution in [3.63, 3.8) is 0 Å². The van der Waals surface area contributed by atoms with Gasteiger partial charge in [-0.15, -0.1) is 0 Å². The van der Waals surface area contributed by atoms with Crippen LogP contribution in [0, 0.1) is 17.0 Å². The van der Waals surface area contributed by atoms with Gasteiger partial charge in [-0.25, -0.2) is 0 Å². The average molecular weight is 346 g/mol. The van der Waals surface area contributed by atoms with Gasteiger partial charge in [-0.1, -0.05) is 0 Å². The second-order valence-electron chi connectivity index (χ2n) is 3.90. The highest BCUT2D eigenvalue weighted by Gasteiger charge is 2.14. The number of nitro groups is 1. The number of carbonyl (C=O) groups excluding carboxylic acids is 1. The Morgan fingerprint density at radius 2 is 2.05 bits per heavy atom. The third-order valence-electron chi connectivity index (χ3n) is 2.36. The lowest BCUT2D eigenvalue weighted by atomic mass is 10.2. The number of nitrogens with zero attached hydrogens (tertiary/aromatic N) is 1.